The largest absolute Gasteiger partial charge is 0.508 e. The van der Waals surface area contributed by atoms with Crippen LogP contribution in [0.2, 0.25) is 0 Å². The Kier molecular flexibility index (Phi) is 2.79. The standard InChI is InChI=1S/C13H14N6O2/c1-18(2)10-6-11-15-12(17-19(11)13(14)16-10)7-3-8(20)5-9(21)4-7/h3-6,20-21H,1-2H3,(H2,14,16). The van der Waals surface area contributed by atoms with Gasteiger partial charge in [-0.2, -0.15) is 9.50 Å². The van der Waals surface area contributed by atoms with Crippen LogP contribution in [0.3, 0.4) is 0 Å². The number of nitrogen functional groups attached to an aromatic ring is 1. The third kappa shape index (κ3) is 2.27. The molecule has 108 valence electrons. The van der Waals surface area contributed by atoms with Crippen LogP contribution in [0.25, 0.3) is 17.0 Å². The Hall–Kier alpha value is -3.03. The molecule has 0 aliphatic heterocycles. The minimum absolute atomic E-state index is 0.0658. The molecular weight excluding hydrogens is 272 g/mol. The van der Waals surface area contributed by atoms with E-state index >= 15 is 0 Å². The summed E-state index contributed by atoms with van der Waals surface area (Å²) in [7, 11) is 3.70. The van der Waals surface area contributed by atoms with Crippen LogP contribution in [0.5, 0.6) is 11.5 Å². The first-order valence-electron chi connectivity index (χ1n) is 6.18. The number of hydrogen-bond acceptors (Lipinski definition) is 7. The second kappa shape index (κ2) is 4.51. The van der Waals surface area contributed by atoms with Crippen molar-refractivity contribution in [3.63, 3.8) is 0 Å². The van der Waals surface area contributed by atoms with E-state index in [0.29, 0.717) is 22.9 Å². The first-order chi connectivity index (χ1) is 9.94. The molecule has 1 aromatic carbocycles. The van der Waals surface area contributed by atoms with Gasteiger partial charge in [0.25, 0.3) is 0 Å². The molecule has 0 amide bonds. The van der Waals surface area contributed by atoms with Crippen molar-refractivity contribution in [2.75, 3.05) is 24.7 Å². The van der Waals surface area contributed by atoms with E-state index in [1.165, 1.54) is 22.7 Å². The molecule has 0 spiro atoms. The molecule has 0 saturated heterocycles. The van der Waals surface area contributed by atoms with Crippen molar-refractivity contribution in [1.82, 2.24) is 19.6 Å². The molecule has 0 fully saturated rings. The fourth-order valence-electron chi connectivity index (χ4n) is 1.97. The molecule has 0 unspecified atom stereocenters. The van der Waals surface area contributed by atoms with Gasteiger partial charge >= 0.3 is 0 Å². The summed E-state index contributed by atoms with van der Waals surface area (Å²) < 4.78 is 1.41. The van der Waals surface area contributed by atoms with E-state index in [9.17, 15) is 10.2 Å². The summed E-state index contributed by atoms with van der Waals surface area (Å²) in [5, 5.41) is 23.3. The SMILES string of the molecule is CN(C)c1cc2nc(-c3cc(O)cc(O)c3)nn2c(N)n1. The van der Waals surface area contributed by atoms with Crippen molar-refractivity contribution < 1.29 is 10.2 Å². The maximum atomic E-state index is 9.54. The number of nitrogens with two attached hydrogens (primary N) is 1. The topological polar surface area (TPSA) is 113 Å². The van der Waals surface area contributed by atoms with E-state index in [4.69, 9.17) is 5.73 Å². The molecule has 3 rings (SSSR count). The summed E-state index contributed by atoms with van der Waals surface area (Å²) in [6, 6.07) is 5.91. The number of rotatable bonds is 2. The lowest BCUT2D eigenvalue weighted by Crippen LogP contribution is -2.13. The number of hydrogen-bond donors (Lipinski definition) is 3. The molecule has 0 saturated carbocycles. The van der Waals surface area contributed by atoms with E-state index in [2.05, 4.69) is 15.1 Å². The predicted octanol–water partition coefficient (Wildman–Crippen LogP) is 0.851. The first-order valence-corrected chi connectivity index (χ1v) is 6.18. The molecule has 0 aliphatic rings. The van der Waals surface area contributed by atoms with Crippen LogP contribution < -0.4 is 10.6 Å². The second-order valence-corrected chi connectivity index (χ2v) is 4.81. The molecule has 4 N–H and O–H groups in total. The number of phenolic OH excluding ortho intramolecular Hbond substituents is 2. The van der Waals surface area contributed by atoms with Gasteiger partial charge in [0.1, 0.15) is 17.3 Å². The summed E-state index contributed by atoms with van der Waals surface area (Å²) in [5.41, 5.74) is 6.89. The normalized spacial score (nSPS) is 11.0. The number of aromatic hydroxyl groups is 2. The molecule has 21 heavy (non-hydrogen) atoms. The van der Waals surface area contributed by atoms with E-state index < -0.39 is 0 Å². The van der Waals surface area contributed by atoms with Crippen LogP contribution in [-0.4, -0.2) is 43.9 Å². The minimum Gasteiger partial charge on any atom is -0.508 e. The molecule has 3 aromatic rings. The van der Waals surface area contributed by atoms with Gasteiger partial charge in [-0.3, -0.25) is 0 Å². The lowest BCUT2D eigenvalue weighted by molar-refractivity contribution is 0.451. The van der Waals surface area contributed by atoms with E-state index in [-0.39, 0.29) is 17.4 Å². The average Bonchev–Trinajstić information content (AvgIpc) is 2.82. The van der Waals surface area contributed by atoms with E-state index in [0.717, 1.165) is 0 Å². The number of benzene rings is 1. The Morgan fingerprint density at radius 2 is 1.71 bits per heavy atom. The Balaban J connectivity index is 2.19. The number of anilines is 2. The number of nitrogens with zero attached hydrogens (tertiary/aromatic N) is 5. The maximum absolute atomic E-state index is 9.54. The molecule has 0 atom stereocenters. The lowest BCUT2D eigenvalue weighted by atomic mass is 10.2. The van der Waals surface area contributed by atoms with Gasteiger partial charge in [-0.15, -0.1) is 5.10 Å². The molecule has 8 heteroatoms. The van der Waals surface area contributed by atoms with Gasteiger partial charge in [-0.25, -0.2) is 4.98 Å². The Morgan fingerprint density at radius 1 is 1.05 bits per heavy atom. The van der Waals surface area contributed by atoms with Crippen LogP contribution in [-0.2, 0) is 0 Å². The zero-order chi connectivity index (χ0) is 15.1. The molecule has 0 aliphatic carbocycles. The number of fused-ring (bicyclic) bond motifs is 1. The average molecular weight is 286 g/mol. The molecule has 0 bridgehead atoms. The van der Waals surface area contributed by atoms with Gasteiger partial charge in [0.2, 0.25) is 5.95 Å². The highest BCUT2D eigenvalue weighted by Crippen LogP contribution is 2.27. The number of phenols is 2. The highest BCUT2D eigenvalue weighted by Gasteiger charge is 2.12. The molecule has 8 nitrogen and oxygen atoms in total. The van der Waals surface area contributed by atoms with Gasteiger partial charge in [0.15, 0.2) is 11.5 Å². The van der Waals surface area contributed by atoms with Crippen molar-refractivity contribution in [3.05, 3.63) is 24.3 Å². The van der Waals surface area contributed by atoms with Crippen molar-refractivity contribution in [2.45, 2.75) is 0 Å². The van der Waals surface area contributed by atoms with Crippen molar-refractivity contribution in [1.29, 1.82) is 0 Å². The lowest BCUT2D eigenvalue weighted by Gasteiger charge is -2.11. The summed E-state index contributed by atoms with van der Waals surface area (Å²) in [4.78, 5) is 10.4. The highest BCUT2D eigenvalue weighted by molar-refractivity contribution is 5.64. The van der Waals surface area contributed by atoms with Crippen molar-refractivity contribution in [2.24, 2.45) is 0 Å². The zero-order valence-corrected chi connectivity index (χ0v) is 11.5. The summed E-state index contributed by atoms with van der Waals surface area (Å²) >= 11 is 0. The van der Waals surface area contributed by atoms with Crippen LogP contribution >= 0.6 is 0 Å². The summed E-state index contributed by atoms with van der Waals surface area (Å²) in [6.45, 7) is 0. The van der Waals surface area contributed by atoms with Crippen LogP contribution in [0.4, 0.5) is 11.8 Å². The quantitative estimate of drug-likeness (QED) is 0.640. The summed E-state index contributed by atoms with van der Waals surface area (Å²) in [6.07, 6.45) is 0. The summed E-state index contributed by atoms with van der Waals surface area (Å²) in [5.74, 6) is 1.08. The van der Waals surface area contributed by atoms with Gasteiger partial charge in [-0.1, -0.05) is 0 Å². The Morgan fingerprint density at radius 3 is 2.33 bits per heavy atom. The Labute approximate surface area is 120 Å². The molecule has 0 radical (unpaired) electrons. The number of aromatic nitrogens is 4. The Bertz CT molecular complexity index is 807. The monoisotopic (exact) mass is 286 g/mol. The van der Waals surface area contributed by atoms with Crippen LogP contribution in [0, 0.1) is 0 Å². The fourth-order valence-corrected chi connectivity index (χ4v) is 1.97. The fraction of sp³-hybridized carbons (Fsp3) is 0.154. The third-order valence-electron chi connectivity index (χ3n) is 2.96. The van der Waals surface area contributed by atoms with E-state index in [1.54, 1.807) is 6.07 Å². The van der Waals surface area contributed by atoms with Gasteiger partial charge in [0, 0.05) is 31.8 Å². The zero-order valence-electron chi connectivity index (χ0n) is 11.5. The molecular formula is C13H14N6O2. The van der Waals surface area contributed by atoms with E-state index in [1.807, 2.05) is 19.0 Å². The third-order valence-corrected chi connectivity index (χ3v) is 2.96. The maximum Gasteiger partial charge on any atom is 0.225 e. The molecule has 2 heterocycles. The van der Waals surface area contributed by atoms with Crippen LogP contribution in [0.15, 0.2) is 24.3 Å². The smallest absolute Gasteiger partial charge is 0.225 e. The minimum atomic E-state index is -0.0658. The predicted molar refractivity (Wildman–Crippen MR) is 78.3 cm³/mol. The van der Waals surface area contributed by atoms with Crippen molar-refractivity contribution in [3.8, 4) is 22.9 Å². The second-order valence-electron chi connectivity index (χ2n) is 4.81. The van der Waals surface area contributed by atoms with Gasteiger partial charge in [-0.05, 0) is 12.1 Å². The molecule has 2 aromatic heterocycles. The van der Waals surface area contributed by atoms with Crippen LogP contribution in [0.1, 0.15) is 0 Å². The van der Waals surface area contributed by atoms with Crippen molar-refractivity contribution >= 4 is 17.4 Å². The highest BCUT2D eigenvalue weighted by atomic mass is 16.3. The first kappa shape index (κ1) is 13.0. The van der Waals surface area contributed by atoms with Gasteiger partial charge < -0.3 is 20.8 Å². The van der Waals surface area contributed by atoms with Gasteiger partial charge in [0.05, 0.1) is 0 Å².